The molecule has 1 aliphatic heterocycles. The van der Waals surface area contributed by atoms with Gasteiger partial charge in [0.25, 0.3) is 10.0 Å². The molecule has 0 unspecified atom stereocenters. The minimum absolute atomic E-state index is 0.0509. The SMILES string of the molecule is Cc1noc(C)c1S(=O)(=O)Nc1ccc2c(c1)CC(=O)N([C@@H](C)CO)C[C@H](C)[C@@H](CN(C)C(=O)Nc1cccc3ccccc13)O2. The molecule has 1 aliphatic rings. The molecule has 5 rings (SSSR count). The highest BCUT2D eigenvalue weighted by Gasteiger charge is 2.32. The first-order valence-electron chi connectivity index (χ1n) is 15.0. The van der Waals surface area contributed by atoms with E-state index in [0.717, 1.165) is 10.8 Å². The second-order valence-corrected chi connectivity index (χ2v) is 13.4. The molecule has 12 nitrogen and oxygen atoms in total. The normalized spacial score (nSPS) is 17.7. The van der Waals surface area contributed by atoms with Crippen LogP contribution in [0.5, 0.6) is 5.75 Å². The third-order valence-electron chi connectivity index (χ3n) is 8.24. The number of nitrogens with one attached hydrogen (secondary N) is 2. The van der Waals surface area contributed by atoms with Gasteiger partial charge in [0.2, 0.25) is 5.91 Å². The van der Waals surface area contributed by atoms with Crippen molar-refractivity contribution in [2.24, 2.45) is 5.92 Å². The predicted octanol–water partition coefficient (Wildman–Crippen LogP) is 4.56. The lowest BCUT2D eigenvalue weighted by molar-refractivity contribution is -0.134. The Balaban J connectivity index is 1.42. The average molecular weight is 650 g/mol. The minimum Gasteiger partial charge on any atom is -0.488 e. The number of aliphatic hydroxyl groups is 1. The van der Waals surface area contributed by atoms with E-state index in [4.69, 9.17) is 9.26 Å². The molecule has 244 valence electrons. The van der Waals surface area contributed by atoms with Crippen LogP contribution in [0.15, 0.2) is 70.1 Å². The standard InChI is InChI=1S/C33H39N5O7S/c1-20-17-38(21(2)19-39)31(40)16-25-15-26(36-46(42,43)32-22(3)35-45-23(32)4)13-14-29(25)44-30(20)18-37(5)33(41)34-28-12-8-10-24-9-6-7-11-27(24)28/h6-15,20-21,30,36,39H,16-19H2,1-5H3,(H,34,41)/t20-,21-,30+/m0/s1. The first kappa shape index (κ1) is 32.8. The van der Waals surface area contributed by atoms with Crippen LogP contribution in [-0.4, -0.2) is 79.3 Å². The summed E-state index contributed by atoms with van der Waals surface area (Å²) in [5, 5.41) is 18.6. The number of aryl methyl sites for hydroxylation is 2. The molecule has 13 heteroatoms. The van der Waals surface area contributed by atoms with Gasteiger partial charge in [0.1, 0.15) is 17.5 Å². The maximum Gasteiger partial charge on any atom is 0.321 e. The minimum atomic E-state index is -4.03. The monoisotopic (exact) mass is 649 g/mol. The topological polar surface area (TPSA) is 154 Å². The number of rotatable bonds is 8. The van der Waals surface area contributed by atoms with Crippen LogP contribution in [0.3, 0.4) is 0 Å². The van der Waals surface area contributed by atoms with Crippen LogP contribution in [0.1, 0.15) is 30.9 Å². The van der Waals surface area contributed by atoms with Crippen LogP contribution in [0.4, 0.5) is 16.2 Å². The van der Waals surface area contributed by atoms with Crippen molar-refractivity contribution in [3.63, 3.8) is 0 Å². The number of aliphatic hydroxyl groups excluding tert-OH is 1. The summed E-state index contributed by atoms with van der Waals surface area (Å²) in [6.45, 7) is 6.99. The summed E-state index contributed by atoms with van der Waals surface area (Å²) in [5.41, 5.74) is 1.60. The Bertz CT molecular complexity index is 1830. The maximum atomic E-state index is 13.6. The van der Waals surface area contributed by atoms with Crippen molar-refractivity contribution < 1.29 is 32.4 Å². The maximum absolute atomic E-state index is 13.6. The smallest absolute Gasteiger partial charge is 0.321 e. The first-order valence-corrected chi connectivity index (χ1v) is 16.5. The van der Waals surface area contributed by atoms with E-state index in [0.29, 0.717) is 17.0 Å². The Kier molecular flexibility index (Phi) is 9.54. The number of aromatic nitrogens is 1. The fourth-order valence-electron chi connectivity index (χ4n) is 5.67. The summed E-state index contributed by atoms with van der Waals surface area (Å²) < 4.78 is 40.5. The Labute approximate surface area is 268 Å². The summed E-state index contributed by atoms with van der Waals surface area (Å²) in [6.07, 6.45) is -0.636. The van der Waals surface area contributed by atoms with Crippen LogP contribution in [0.25, 0.3) is 10.8 Å². The van der Waals surface area contributed by atoms with Crippen molar-refractivity contribution >= 4 is 44.1 Å². The highest BCUT2D eigenvalue weighted by atomic mass is 32.2. The number of anilines is 2. The molecule has 3 amide bonds. The lowest BCUT2D eigenvalue weighted by Crippen LogP contribution is -2.48. The number of hydrogen-bond donors (Lipinski definition) is 3. The number of hydrogen-bond acceptors (Lipinski definition) is 8. The molecule has 3 N–H and O–H groups in total. The van der Waals surface area contributed by atoms with Crippen molar-refractivity contribution in [2.45, 2.75) is 51.2 Å². The fraction of sp³-hybridized carbons (Fsp3) is 0.364. The van der Waals surface area contributed by atoms with Gasteiger partial charge in [-0.05, 0) is 50.4 Å². The van der Waals surface area contributed by atoms with Gasteiger partial charge in [-0.1, -0.05) is 48.5 Å². The van der Waals surface area contributed by atoms with E-state index in [1.807, 2.05) is 49.4 Å². The molecule has 0 radical (unpaired) electrons. The summed E-state index contributed by atoms with van der Waals surface area (Å²) in [5.74, 6) is 0.0678. The number of ether oxygens (including phenoxy) is 1. The average Bonchev–Trinajstić information content (AvgIpc) is 3.39. The van der Waals surface area contributed by atoms with Crippen molar-refractivity contribution in [2.75, 3.05) is 36.8 Å². The molecule has 4 aromatic rings. The highest BCUT2D eigenvalue weighted by Crippen LogP contribution is 2.31. The van der Waals surface area contributed by atoms with Crippen LogP contribution in [-0.2, 0) is 21.2 Å². The number of carbonyl (C=O) groups is 2. The fourth-order valence-corrected chi connectivity index (χ4v) is 7.05. The zero-order valence-corrected chi connectivity index (χ0v) is 27.3. The third kappa shape index (κ3) is 6.95. The van der Waals surface area contributed by atoms with E-state index in [9.17, 15) is 23.1 Å². The second-order valence-electron chi connectivity index (χ2n) is 11.8. The molecule has 3 atom stereocenters. The summed E-state index contributed by atoms with van der Waals surface area (Å²) in [4.78, 5) is 30.0. The van der Waals surface area contributed by atoms with Gasteiger partial charge < -0.3 is 29.5 Å². The van der Waals surface area contributed by atoms with Crippen molar-refractivity contribution in [3.8, 4) is 5.75 Å². The van der Waals surface area contributed by atoms with Gasteiger partial charge in [0, 0.05) is 36.1 Å². The molecule has 2 heterocycles. The van der Waals surface area contributed by atoms with Gasteiger partial charge in [-0.15, -0.1) is 0 Å². The number of sulfonamides is 1. The zero-order valence-electron chi connectivity index (χ0n) is 26.5. The van der Waals surface area contributed by atoms with Crippen LogP contribution in [0, 0.1) is 19.8 Å². The summed E-state index contributed by atoms with van der Waals surface area (Å²) >= 11 is 0. The molecule has 1 aromatic heterocycles. The quantitative estimate of drug-likeness (QED) is 0.251. The number of amides is 3. The molecule has 3 aromatic carbocycles. The Morgan fingerprint density at radius 1 is 1.15 bits per heavy atom. The van der Waals surface area contributed by atoms with Gasteiger partial charge in [-0.2, -0.15) is 0 Å². The van der Waals surface area contributed by atoms with E-state index in [-0.39, 0.29) is 66.0 Å². The molecular formula is C33H39N5O7S. The van der Waals surface area contributed by atoms with E-state index in [2.05, 4.69) is 15.2 Å². The molecule has 0 fully saturated rings. The lowest BCUT2D eigenvalue weighted by Gasteiger charge is -2.34. The van der Waals surface area contributed by atoms with Crippen LogP contribution >= 0.6 is 0 Å². The predicted molar refractivity (Wildman–Crippen MR) is 174 cm³/mol. The molecule has 0 saturated heterocycles. The van der Waals surface area contributed by atoms with Crippen molar-refractivity contribution in [3.05, 3.63) is 77.7 Å². The van der Waals surface area contributed by atoms with E-state index in [1.54, 1.807) is 44.0 Å². The number of fused-ring (bicyclic) bond motifs is 2. The Hall–Kier alpha value is -4.62. The number of likely N-dealkylation sites (N-methyl/N-ethyl adjacent to an activating group) is 1. The molecule has 46 heavy (non-hydrogen) atoms. The molecule has 0 saturated carbocycles. The largest absolute Gasteiger partial charge is 0.488 e. The zero-order chi connectivity index (χ0) is 33.2. The van der Waals surface area contributed by atoms with Crippen molar-refractivity contribution in [1.29, 1.82) is 0 Å². The summed E-state index contributed by atoms with van der Waals surface area (Å²) in [7, 11) is -2.36. The lowest BCUT2D eigenvalue weighted by atomic mass is 10.0. The first-order chi connectivity index (χ1) is 21.9. The van der Waals surface area contributed by atoms with Crippen LogP contribution < -0.4 is 14.8 Å². The number of benzene rings is 3. The van der Waals surface area contributed by atoms with E-state index < -0.39 is 22.2 Å². The van der Waals surface area contributed by atoms with Gasteiger partial charge >= 0.3 is 6.03 Å². The Morgan fingerprint density at radius 2 is 1.89 bits per heavy atom. The molecule has 0 aliphatic carbocycles. The van der Waals surface area contributed by atoms with Gasteiger partial charge in [0.15, 0.2) is 10.7 Å². The van der Waals surface area contributed by atoms with Crippen LogP contribution in [0.2, 0.25) is 0 Å². The number of urea groups is 1. The van der Waals surface area contributed by atoms with E-state index >= 15 is 0 Å². The number of nitrogens with zero attached hydrogens (tertiary/aromatic N) is 3. The third-order valence-corrected chi connectivity index (χ3v) is 9.86. The summed E-state index contributed by atoms with van der Waals surface area (Å²) in [6, 6.07) is 17.4. The number of carbonyl (C=O) groups excluding carboxylic acids is 2. The van der Waals surface area contributed by atoms with E-state index in [1.165, 1.54) is 11.8 Å². The highest BCUT2D eigenvalue weighted by molar-refractivity contribution is 7.92. The van der Waals surface area contributed by atoms with Gasteiger partial charge in [0.05, 0.1) is 31.3 Å². The second kappa shape index (κ2) is 13.4. The molecular weight excluding hydrogens is 610 g/mol. The molecule has 0 spiro atoms. The van der Waals surface area contributed by atoms with Gasteiger partial charge in [-0.3, -0.25) is 9.52 Å². The van der Waals surface area contributed by atoms with Crippen molar-refractivity contribution in [1.82, 2.24) is 15.0 Å². The molecule has 0 bridgehead atoms. The Morgan fingerprint density at radius 3 is 2.61 bits per heavy atom. The van der Waals surface area contributed by atoms with Gasteiger partial charge in [-0.25, -0.2) is 13.2 Å².